The summed E-state index contributed by atoms with van der Waals surface area (Å²) < 4.78 is 8.30. The topological polar surface area (TPSA) is 42.3 Å². The first kappa shape index (κ1) is 26.1. The molecule has 200 valence electrons. The lowest BCUT2D eigenvalue weighted by molar-refractivity contribution is 0.482. The van der Waals surface area contributed by atoms with Crippen molar-refractivity contribution in [2.45, 2.75) is 32.9 Å². The third-order valence-corrected chi connectivity index (χ3v) is 7.99. The Morgan fingerprint density at radius 3 is 2.20 bits per heavy atom. The Balaban J connectivity index is 1.41. The summed E-state index contributed by atoms with van der Waals surface area (Å²) in [6, 6.07) is 32.0. The molecule has 3 aromatic carbocycles. The van der Waals surface area contributed by atoms with Crippen LogP contribution in [0.25, 0.3) is 5.69 Å². The van der Waals surface area contributed by atoms with Crippen molar-refractivity contribution in [1.82, 2.24) is 14.9 Å². The van der Waals surface area contributed by atoms with Gasteiger partial charge in [-0.2, -0.15) is 0 Å². The average Bonchev–Trinajstić information content (AvgIpc) is 3.46. The molecule has 0 unspecified atom stereocenters. The van der Waals surface area contributed by atoms with E-state index in [0.29, 0.717) is 10.1 Å². The number of hydrogen-bond donors (Lipinski definition) is 1. The summed E-state index contributed by atoms with van der Waals surface area (Å²) in [4.78, 5) is 6.88. The van der Waals surface area contributed by atoms with Crippen LogP contribution in [0.15, 0.2) is 103 Å². The highest BCUT2D eigenvalue weighted by molar-refractivity contribution is 7.80. The number of pyridine rings is 1. The summed E-state index contributed by atoms with van der Waals surface area (Å²) in [6.07, 6.45) is 1.82. The molecule has 0 amide bonds. The second kappa shape index (κ2) is 10.8. The number of thiocarbonyl (C=S) groups is 1. The highest BCUT2D eigenvalue weighted by Gasteiger charge is 2.42. The van der Waals surface area contributed by atoms with E-state index in [1.54, 1.807) is 0 Å². The molecule has 0 aliphatic carbocycles. The first-order chi connectivity index (χ1) is 19.4. The van der Waals surface area contributed by atoms with Gasteiger partial charge in [0.05, 0.1) is 28.5 Å². The van der Waals surface area contributed by atoms with Crippen LogP contribution < -0.4 is 15.0 Å². The van der Waals surface area contributed by atoms with E-state index in [1.807, 2.05) is 85.1 Å². The first-order valence-electron chi connectivity index (χ1n) is 13.2. The standard InChI is InChI=1S/C33H29ClN4OS/c1-21-11-15-25(16-12-21)39-26-17-13-24(14-18-26)38-32(31(36-33(38)40)29-9-6-7-19-35-29)27-20-22(2)37(23(27)3)30-10-5-4-8-28(30)34/h4-20,31-32H,1-3H3,(H,36,40)/t31-,32-/m1/s1. The number of benzene rings is 3. The van der Waals surface area contributed by atoms with Gasteiger partial charge in [-0.1, -0.05) is 47.5 Å². The second-order valence-electron chi connectivity index (χ2n) is 10.0. The molecule has 0 saturated carbocycles. The van der Waals surface area contributed by atoms with Gasteiger partial charge in [0.1, 0.15) is 11.5 Å². The van der Waals surface area contributed by atoms with Crippen molar-refractivity contribution in [2.24, 2.45) is 0 Å². The summed E-state index contributed by atoms with van der Waals surface area (Å²) >= 11 is 12.6. The van der Waals surface area contributed by atoms with Crippen molar-refractivity contribution in [1.29, 1.82) is 0 Å². The maximum Gasteiger partial charge on any atom is 0.174 e. The van der Waals surface area contributed by atoms with Crippen molar-refractivity contribution in [3.05, 3.63) is 136 Å². The molecule has 5 aromatic rings. The molecule has 0 radical (unpaired) electrons. The molecule has 0 bridgehead atoms. The van der Waals surface area contributed by atoms with Crippen LogP contribution in [0, 0.1) is 20.8 Å². The van der Waals surface area contributed by atoms with Gasteiger partial charge in [-0.05, 0) is 105 Å². The largest absolute Gasteiger partial charge is 0.457 e. The number of nitrogens with zero attached hydrogens (tertiary/aromatic N) is 3. The number of ether oxygens (including phenoxy) is 1. The minimum atomic E-state index is -0.141. The number of hydrogen-bond acceptors (Lipinski definition) is 3. The van der Waals surface area contributed by atoms with Crippen molar-refractivity contribution in [3.8, 4) is 17.2 Å². The Kier molecular flexibility index (Phi) is 7.05. The number of aryl methyl sites for hydroxylation is 2. The summed E-state index contributed by atoms with van der Waals surface area (Å²) in [7, 11) is 0. The third kappa shape index (κ3) is 4.85. The fraction of sp³-hybridized carbons (Fsp3) is 0.152. The molecule has 1 saturated heterocycles. The molecular weight excluding hydrogens is 536 g/mol. The molecule has 5 nitrogen and oxygen atoms in total. The van der Waals surface area contributed by atoms with Gasteiger partial charge in [-0.25, -0.2) is 0 Å². The monoisotopic (exact) mass is 564 g/mol. The quantitative estimate of drug-likeness (QED) is 0.210. The summed E-state index contributed by atoms with van der Waals surface area (Å²) in [5, 5.41) is 4.92. The highest BCUT2D eigenvalue weighted by Crippen LogP contribution is 2.44. The Morgan fingerprint density at radius 1 is 0.850 bits per heavy atom. The molecule has 7 heteroatoms. The fourth-order valence-corrected chi connectivity index (χ4v) is 6.02. The molecule has 0 spiro atoms. The first-order valence-corrected chi connectivity index (χ1v) is 14.0. The molecule has 1 aliphatic heterocycles. The number of nitrogens with one attached hydrogen (secondary N) is 1. The van der Waals surface area contributed by atoms with Crippen molar-refractivity contribution in [2.75, 3.05) is 4.90 Å². The summed E-state index contributed by atoms with van der Waals surface area (Å²) in [5.74, 6) is 1.57. The van der Waals surface area contributed by atoms with Gasteiger partial charge in [-0.3, -0.25) is 4.98 Å². The zero-order valence-electron chi connectivity index (χ0n) is 22.5. The average molecular weight is 565 g/mol. The molecule has 3 heterocycles. The lowest BCUT2D eigenvalue weighted by Crippen LogP contribution is -2.29. The molecule has 2 atom stereocenters. The number of anilines is 1. The number of aromatic nitrogens is 2. The van der Waals surface area contributed by atoms with Gasteiger partial charge >= 0.3 is 0 Å². The van der Waals surface area contributed by atoms with Crippen LogP contribution in [0.3, 0.4) is 0 Å². The van der Waals surface area contributed by atoms with Crippen LogP contribution >= 0.6 is 23.8 Å². The lowest BCUT2D eigenvalue weighted by atomic mass is 9.96. The normalized spacial score (nSPS) is 16.7. The van der Waals surface area contributed by atoms with Gasteiger partial charge in [0.15, 0.2) is 5.11 Å². The zero-order valence-corrected chi connectivity index (χ0v) is 24.1. The van der Waals surface area contributed by atoms with Crippen molar-refractivity contribution in [3.63, 3.8) is 0 Å². The number of halogens is 1. The molecule has 1 aliphatic rings. The van der Waals surface area contributed by atoms with Crippen LogP contribution in [0.5, 0.6) is 11.5 Å². The molecule has 2 aromatic heterocycles. The van der Waals surface area contributed by atoms with E-state index in [4.69, 9.17) is 33.5 Å². The van der Waals surface area contributed by atoms with Crippen molar-refractivity contribution >= 4 is 34.6 Å². The Morgan fingerprint density at radius 2 is 1.52 bits per heavy atom. The Hall–Kier alpha value is -4.13. The maximum atomic E-state index is 6.64. The van der Waals surface area contributed by atoms with Gasteiger partial charge in [0.25, 0.3) is 0 Å². The summed E-state index contributed by atoms with van der Waals surface area (Å²) in [5.41, 5.74) is 7.41. The number of rotatable bonds is 6. The Bertz CT molecular complexity index is 1670. The third-order valence-electron chi connectivity index (χ3n) is 7.35. The van der Waals surface area contributed by atoms with E-state index in [-0.39, 0.29) is 12.1 Å². The van der Waals surface area contributed by atoms with Gasteiger partial charge in [0.2, 0.25) is 0 Å². The molecule has 40 heavy (non-hydrogen) atoms. The highest BCUT2D eigenvalue weighted by atomic mass is 35.5. The number of para-hydroxylation sites is 1. The lowest BCUT2D eigenvalue weighted by Gasteiger charge is -2.28. The zero-order chi connectivity index (χ0) is 27.8. The van der Waals surface area contributed by atoms with E-state index in [2.05, 4.69) is 53.8 Å². The van der Waals surface area contributed by atoms with Crippen LogP contribution in [0.1, 0.15) is 40.3 Å². The van der Waals surface area contributed by atoms with E-state index in [9.17, 15) is 0 Å². The van der Waals surface area contributed by atoms with Gasteiger partial charge in [0, 0.05) is 23.3 Å². The molecular formula is C33H29ClN4OS. The van der Waals surface area contributed by atoms with E-state index < -0.39 is 0 Å². The van der Waals surface area contributed by atoms with Gasteiger partial charge < -0.3 is 19.5 Å². The van der Waals surface area contributed by atoms with Crippen LogP contribution in [0.4, 0.5) is 5.69 Å². The Labute approximate surface area is 245 Å². The van der Waals surface area contributed by atoms with Crippen LogP contribution in [-0.4, -0.2) is 14.7 Å². The van der Waals surface area contributed by atoms with Crippen molar-refractivity contribution < 1.29 is 4.74 Å². The van der Waals surface area contributed by atoms with E-state index >= 15 is 0 Å². The second-order valence-corrected chi connectivity index (χ2v) is 10.8. The van der Waals surface area contributed by atoms with Crippen LogP contribution in [-0.2, 0) is 0 Å². The predicted octanol–water partition coefficient (Wildman–Crippen LogP) is 8.42. The fourth-order valence-electron chi connectivity index (χ4n) is 5.46. The molecule has 1 N–H and O–H groups in total. The van der Waals surface area contributed by atoms with E-state index in [1.165, 1.54) is 5.56 Å². The van der Waals surface area contributed by atoms with Gasteiger partial charge in [-0.15, -0.1) is 0 Å². The predicted molar refractivity (Wildman–Crippen MR) is 166 cm³/mol. The SMILES string of the molecule is Cc1ccc(Oc2ccc(N3C(=S)N[C@H](c4ccccn4)[C@H]3c3cc(C)n(-c4ccccc4Cl)c3C)cc2)cc1. The maximum absolute atomic E-state index is 6.64. The van der Waals surface area contributed by atoms with E-state index in [0.717, 1.165) is 45.5 Å². The minimum absolute atomic E-state index is 0.131. The minimum Gasteiger partial charge on any atom is -0.457 e. The smallest absolute Gasteiger partial charge is 0.174 e. The molecule has 6 rings (SSSR count). The van der Waals surface area contributed by atoms with Crippen LogP contribution in [0.2, 0.25) is 5.02 Å². The molecule has 1 fully saturated rings. The summed E-state index contributed by atoms with van der Waals surface area (Å²) in [6.45, 7) is 6.31.